The van der Waals surface area contributed by atoms with E-state index < -0.39 is 0 Å². The number of rotatable bonds is 6. The topological polar surface area (TPSA) is 40.6 Å². The number of Topliss-reactive ketones (excluding diaryl/α,β-unsaturated/α-hetero) is 1. The lowest BCUT2D eigenvalue weighted by Crippen LogP contribution is -2.23. The first-order valence-corrected chi connectivity index (χ1v) is 8.91. The summed E-state index contributed by atoms with van der Waals surface area (Å²) < 4.78 is 0.548. The van der Waals surface area contributed by atoms with Gasteiger partial charge in [-0.3, -0.25) is 9.59 Å². The maximum Gasteiger partial charge on any atom is 0.202 e. The molecule has 1 aromatic carbocycles. The number of anilines is 1. The maximum absolute atomic E-state index is 12.6. The van der Waals surface area contributed by atoms with E-state index in [2.05, 4.69) is 53.4 Å². The Morgan fingerprint density at radius 3 is 1.91 bits per heavy atom. The van der Waals surface area contributed by atoms with Gasteiger partial charge in [0.25, 0.3) is 0 Å². The molecule has 5 heteroatoms. The number of allylic oxidation sites excluding steroid dienone is 1. The molecule has 0 atom stereocenters. The molecular formula is C18H23BrN2O2. The van der Waals surface area contributed by atoms with Gasteiger partial charge in [-0.2, -0.15) is 0 Å². The molecule has 1 aliphatic rings. The van der Waals surface area contributed by atoms with Crippen molar-refractivity contribution in [3.8, 4) is 0 Å². The Hall–Kier alpha value is -1.62. The van der Waals surface area contributed by atoms with Gasteiger partial charge < -0.3 is 9.80 Å². The largest absolute Gasteiger partial charge is 0.372 e. The van der Waals surface area contributed by atoms with Gasteiger partial charge in [-0.15, -0.1) is 0 Å². The number of fused-ring (bicyclic) bond motifs is 1. The van der Waals surface area contributed by atoms with E-state index in [1.54, 1.807) is 6.07 Å². The third-order valence-electron chi connectivity index (χ3n) is 4.27. The summed E-state index contributed by atoms with van der Waals surface area (Å²) in [6.45, 7) is 11.5. The molecule has 0 aliphatic heterocycles. The molecular weight excluding hydrogens is 356 g/mol. The van der Waals surface area contributed by atoms with Gasteiger partial charge in [-0.25, -0.2) is 0 Å². The highest BCUT2D eigenvalue weighted by atomic mass is 79.9. The van der Waals surface area contributed by atoms with E-state index in [-0.39, 0.29) is 11.2 Å². The Bertz CT molecular complexity index is 705. The number of hydrogen-bond donors (Lipinski definition) is 0. The number of carbonyl (C=O) groups excluding carboxylic acids is 1. The van der Waals surface area contributed by atoms with Crippen molar-refractivity contribution in [1.82, 2.24) is 4.90 Å². The van der Waals surface area contributed by atoms with Crippen molar-refractivity contribution in [3.63, 3.8) is 0 Å². The zero-order valence-electron chi connectivity index (χ0n) is 14.1. The lowest BCUT2D eigenvalue weighted by molar-refractivity contribution is 0.104. The number of hydrogen-bond acceptors (Lipinski definition) is 4. The first-order chi connectivity index (χ1) is 11.0. The maximum atomic E-state index is 12.6. The molecule has 0 unspecified atom stereocenters. The highest BCUT2D eigenvalue weighted by Gasteiger charge is 2.31. The van der Waals surface area contributed by atoms with Crippen LogP contribution in [-0.2, 0) is 0 Å². The van der Waals surface area contributed by atoms with Crippen LogP contribution in [0.25, 0.3) is 5.70 Å². The van der Waals surface area contributed by atoms with Crippen LogP contribution in [0.2, 0.25) is 0 Å². The van der Waals surface area contributed by atoms with Crippen LogP contribution >= 0.6 is 15.9 Å². The summed E-state index contributed by atoms with van der Waals surface area (Å²) in [7, 11) is 0. The van der Waals surface area contributed by atoms with Crippen molar-refractivity contribution in [2.45, 2.75) is 27.7 Å². The average molecular weight is 379 g/mol. The van der Waals surface area contributed by atoms with Crippen LogP contribution in [0.5, 0.6) is 0 Å². The lowest BCUT2D eigenvalue weighted by Gasteiger charge is -2.24. The smallest absolute Gasteiger partial charge is 0.202 e. The molecule has 1 aliphatic carbocycles. The monoisotopic (exact) mass is 378 g/mol. The molecule has 0 N–H and O–H groups in total. The van der Waals surface area contributed by atoms with E-state index in [1.807, 2.05) is 6.07 Å². The zero-order chi connectivity index (χ0) is 17.1. The van der Waals surface area contributed by atoms with Crippen molar-refractivity contribution in [2.75, 3.05) is 31.1 Å². The van der Waals surface area contributed by atoms with Gasteiger partial charge in [-0.1, -0.05) is 0 Å². The molecule has 0 radical (unpaired) electrons. The molecule has 0 fully saturated rings. The molecule has 1 aromatic rings. The van der Waals surface area contributed by atoms with Gasteiger partial charge in [0.05, 0.1) is 10.2 Å². The summed E-state index contributed by atoms with van der Waals surface area (Å²) in [6, 6.07) is 5.05. The van der Waals surface area contributed by atoms with Crippen LogP contribution < -0.4 is 10.3 Å². The van der Waals surface area contributed by atoms with Gasteiger partial charge in [0.1, 0.15) is 0 Å². The van der Waals surface area contributed by atoms with E-state index >= 15 is 0 Å². The van der Waals surface area contributed by atoms with Crippen molar-refractivity contribution in [1.29, 1.82) is 0 Å². The zero-order valence-corrected chi connectivity index (χ0v) is 15.7. The molecule has 0 saturated carbocycles. The average Bonchev–Trinajstić information content (AvgIpc) is 2.68. The number of carbonyl (C=O) groups is 1. The Kier molecular flexibility index (Phi) is 5.63. The standard InChI is InChI=1S/C18H23BrN2O2/c1-5-20(6-2)12-9-13(22)11-15-14(10-12)17(16(19)18(15)23)21(7-3)8-4/h9-11H,5-8H2,1-4H3. The first kappa shape index (κ1) is 17.7. The Morgan fingerprint density at radius 2 is 1.39 bits per heavy atom. The number of ketones is 1. The summed E-state index contributed by atoms with van der Waals surface area (Å²) >= 11 is 3.44. The summed E-state index contributed by atoms with van der Waals surface area (Å²) in [5, 5.41) is 0. The van der Waals surface area contributed by atoms with Gasteiger partial charge in [0.2, 0.25) is 5.78 Å². The van der Waals surface area contributed by atoms with Crippen molar-refractivity contribution in [2.24, 2.45) is 0 Å². The van der Waals surface area contributed by atoms with Crippen LogP contribution in [0.3, 0.4) is 0 Å². The predicted octanol–water partition coefficient (Wildman–Crippen LogP) is 3.49. The predicted molar refractivity (Wildman–Crippen MR) is 99.4 cm³/mol. The van der Waals surface area contributed by atoms with Gasteiger partial charge in [-0.05, 0) is 55.8 Å². The van der Waals surface area contributed by atoms with E-state index in [0.29, 0.717) is 10.0 Å². The molecule has 0 heterocycles. The molecule has 4 nitrogen and oxygen atoms in total. The normalized spacial score (nSPS) is 13.3. The fraction of sp³-hybridized carbons (Fsp3) is 0.444. The van der Waals surface area contributed by atoms with Gasteiger partial charge in [0.15, 0.2) is 5.43 Å². The molecule has 0 aromatic heterocycles. The molecule has 0 bridgehead atoms. The molecule has 2 rings (SSSR count). The van der Waals surface area contributed by atoms with E-state index in [1.165, 1.54) is 6.07 Å². The minimum Gasteiger partial charge on any atom is -0.372 e. The summed E-state index contributed by atoms with van der Waals surface area (Å²) in [5.74, 6) is -0.110. The highest BCUT2D eigenvalue weighted by molar-refractivity contribution is 9.12. The van der Waals surface area contributed by atoms with Crippen LogP contribution in [0.1, 0.15) is 43.6 Å². The summed E-state index contributed by atoms with van der Waals surface area (Å²) in [6.07, 6.45) is 0. The van der Waals surface area contributed by atoms with Crippen LogP contribution in [0.4, 0.5) is 5.69 Å². The quantitative estimate of drug-likeness (QED) is 0.759. The lowest BCUT2D eigenvalue weighted by atomic mass is 10.1. The fourth-order valence-corrected chi connectivity index (χ4v) is 3.70. The van der Waals surface area contributed by atoms with Crippen LogP contribution in [0.15, 0.2) is 27.5 Å². The second-order valence-corrected chi connectivity index (χ2v) is 6.22. The molecule has 23 heavy (non-hydrogen) atoms. The Labute approximate surface area is 145 Å². The van der Waals surface area contributed by atoms with Crippen molar-refractivity contribution < 1.29 is 4.79 Å². The van der Waals surface area contributed by atoms with E-state index in [4.69, 9.17) is 0 Å². The summed E-state index contributed by atoms with van der Waals surface area (Å²) in [4.78, 5) is 29.1. The minimum absolute atomic E-state index is 0.110. The second kappa shape index (κ2) is 7.30. The second-order valence-electron chi connectivity index (χ2n) is 5.42. The third-order valence-corrected chi connectivity index (χ3v) is 5.01. The molecule has 124 valence electrons. The fourth-order valence-electron chi connectivity index (χ4n) is 3.02. The first-order valence-electron chi connectivity index (χ1n) is 8.12. The van der Waals surface area contributed by atoms with Crippen molar-refractivity contribution in [3.05, 3.63) is 44.0 Å². The van der Waals surface area contributed by atoms with E-state index in [0.717, 1.165) is 43.1 Å². The Morgan fingerprint density at radius 1 is 0.826 bits per heavy atom. The highest BCUT2D eigenvalue weighted by Crippen LogP contribution is 2.38. The van der Waals surface area contributed by atoms with Gasteiger partial charge >= 0.3 is 0 Å². The van der Waals surface area contributed by atoms with Gasteiger partial charge in [0, 0.05) is 49.1 Å². The Balaban J connectivity index is 2.74. The van der Waals surface area contributed by atoms with Crippen LogP contribution in [0, 0.1) is 0 Å². The van der Waals surface area contributed by atoms with Crippen LogP contribution in [-0.4, -0.2) is 36.9 Å². The third kappa shape index (κ3) is 3.20. The molecule has 0 spiro atoms. The number of nitrogens with zero attached hydrogens (tertiary/aromatic N) is 2. The van der Waals surface area contributed by atoms with Crippen molar-refractivity contribution >= 4 is 33.1 Å². The van der Waals surface area contributed by atoms with E-state index in [9.17, 15) is 9.59 Å². The molecule has 0 amide bonds. The SMILES string of the molecule is CCN(CC)C1=C(Br)C(=O)c2cc(=O)cc(N(CC)CC)cc21. The minimum atomic E-state index is -0.136. The molecule has 0 saturated heterocycles. The number of halogens is 1. The summed E-state index contributed by atoms with van der Waals surface area (Å²) in [5.41, 5.74) is 2.94.